The monoisotopic (exact) mass is 296 g/mol. The molecular formula is C15H24N2O4. The number of carboxylic acid groups (broad SMARTS) is 1. The highest BCUT2D eigenvalue weighted by Gasteiger charge is 2.21. The van der Waals surface area contributed by atoms with Crippen molar-refractivity contribution in [2.45, 2.75) is 46.0 Å². The lowest BCUT2D eigenvalue weighted by Gasteiger charge is -2.27. The second kappa shape index (κ2) is 7.81. The third-order valence-electron chi connectivity index (χ3n) is 4.05. The third kappa shape index (κ3) is 5.21. The Morgan fingerprint density at radius 3 is 2.19 bits per heavy atom. The van der Waals surface area contributed by atoms with Crippen LogP contribution in [0.5, 0.6) is 0 Å². The van der Waals surface area contributed by atoms with Gasteiger partial charge in [-0.2, -0.15) is 0 Å². The van der Waals surface area contributed by atoms with Gasteiger partial charge < -0.3 is 10.0 Å². The molecule has 2 N–H and O–H groups in total. The van der Waals surface area contributed by atoms with E-state index >= 15 is 0 Å². The molecule has 0 aromatic rings. The number of nitrogens with one attached hydrogen (secondary N) is 1. The standard InChI is InChI=1S/C15H24N2O4/c1-10(11(2)14(19)20)13(18)16-15(21)17(3)9-12-7-5-4-6-8-12/h12H,4-9H2,1-3H3,(H,19,20)(H,16,18,21). The van der Waals surface area contributed by atoms with E-state index in [1.54, 1.807) is 7.05 Å². The van der Waals surface area contributed by atoms with Gasteiger partial charge in [0.05, 0.1) is 0 Å². The Balaban J connectivity index is 2.53. The van der Waals surface area contributed by atoms with Crippen LogP contribution in [0, 0.1) is 5.92 Å². The van der Waals surface area contributed by atoms with Crippen molar-refractivity contribution in [2.24, 2.45) is 5.92 Å². The highest BCUT2D eigenvalue weighted by atomic mass is 16.4. The maximum atomic E-state index is 11.9. The van der Waals surface area contributed by atoms with Crippen molar-refractivity contribution in [2.75, 3.05) is 13.6 Å². The third-order valence-corrected chi connectivity index (χ3v) is 4.05. The molecule has 0 bridgehead atoms. The van der Waals surface area contributed by atoms with E-state index in [9.17, 15) is 14.4 Å². The summed E-state index contributed by atoms with van der Waals surface area (Å²) in [5.74, 6) is -1.33. The van der Waals surface area contributed by atoms with Crippen molar-refractivity contribution in [3.05, 3.63) is 11.1 Å². The predicted molar refractivity (Wildman–Crippen MR) is 78.8 cm³/mol. The molecular weight excluding hydrogens is 272 g/mol. The molecule has 6 nitrogen and oxygen atoms in total. The van der Waals surface area contributed by atoms with Gasteiger partial charge in [0, 0.05) is 24.7 Å². The van der Waals surface area contributed by atoms with Crippen molar-refractivity contribution < 1.29 is 19.5 Å². The molecule has 1 saturated carbocycles. The number of aliphatic carboxylic acids is 1. The van der Waals surface area contributed by atoms with E-state index in [4.69, 9.17) is 5.11 Å². The lowest BCUT2D eigenvalue weighted by Crippen LogP contribution is -2.43. The Morgan fingerprint density at radius 2 is 1.67 bits per heavy atom. The summed E-state index contributed by atoms with van der Waals surface area (Å²) < 4.78 is 0. The summed E-state index contributed by atoms with van der Waals surface area (Å²) in [6, 6.07) is -0.483. The highest BCUT2D eigenvalue weighted by molar-refractivity contribution is 6.07. The van der Waals surface area contributed by atoms with Crippen LogP contribution in [0.15, 0.2) is 11.1 Å². The number of imide groups is 1. The molecule has 1 aliphatic rings. The van der Waals surface area contributed by atoms with Crippen LogP contribution in [0.3, 0.4) is 0 Å². The van der Waals surface area contributed by atoms with Gasteiger partial charge in [0.1, 0.15) is 0 Å². The average Bonchev–Trinajstić information content (AvgIpc) is 2.46. The zero-order valence-electron chi connectivity index (χ0n) is 12.9. The zero-order chi connectivity index (χ0) is 16.0. The van der Waals surface area contributed by atoms with Crippen LogP contribution in [0.2, 0.25) is 0 Å². The Labute approximate surface area is 125 Å². The summed E-state index contributed by atoms with van der Waals surface area (Å²) in [7, 11) is 1.65. The van der Waals surface area contributed by atoms with Gasteiger partial charge in [0.15, 0.2) is 0 Å². The van der Waals surface area contributed by atoms with E-state index in [0.29, 0.717) is 12.5 Å². The number of amides is 3. The second-order valence-electron chi connectivity index (χ2n) is 5.70. The first-order valence-electron chi connectivity index (χ1n) is 7.30. The molecule has 6 heteroatoms. The Bertz CT molecular complexity index is 451. The van der Waals surface area contributed by atoms with Crippen LogP contribution < -0.4 is 5.32 Å². The summed E-state index contributed by atoms with van der Waals surface area (Å²) in [5.41, 5.74) is -0.0165. The van der Waals surface area contributed by atoms with Crippen LogP contribution in [0.4, 0.5) is 4.79 Å². The van der Waals surface area contributed by atoms with Gasteiger partial charge in [-0.15, -0.1) is 0 Å². The van der Waals surface area contributed by atoms with E-state index in [1.165, 1.54) is 38.0 Å². The van der Waals surface area contributed by atoms with E-state index in [-0.39, 0.29) is 11.1 Å². The average molecular weight is 296 g/mol. The maximum Gasteiger partial charge on any atom is 0.331 e. The van der Waals surface area contributed by atoms with Gasteiger partial charge >= 0.3 is 12.0 Å². The van der Waals surface area contributed by atoms with Crippen molar-refractivity contribution in [3.8, 4) is 0 Å². The first-order chi connectivity index (χ1) is 9.82. The molecule has 1 fully saturated rings. The molecule has 0 aromatic carbocycles. The fourth-order valence-electron chi connectivity index (χ4n) is 2.46. The van der Waals surface area contributed by atoms with Crippen LogP contribution in [0.1, 0.15) is 46.0 Å². The van der Waals surface area contributed by atoms with Crippen molar-refractivity contribution in [3.63, 3.8) is 0 Å². The van der Waals surface area contributed by atoms with Gasteiger partial charge in [-0.1, -0.05) is 19.3 Å². The van der Waals surface area contributed by atoms with Gasteiger partial charge in [-0.25, -0.2) is 9.59 Å². The molecule has 0 unspecified atom stereocenters. The predicted octanol–water partition coefficient (Wildman–Crippen LogP) is 2.16. The molecule has 0 atom stereocenters. The van der Waals surface area contributed by atoms with Crippen molar-refractivity contribution >= 4 is 17.9 Å². The number of nitrogens with zero attached hydrogens (tertiary/aromatic N) is 1. The number of carboxylic acids is 1. The summed E-state index contributed by atoms with van der Waals surface area (Å²) >= 11 is 0. The van der Waals surface area contributed by atoms with Gasteiger partial charge in [-0.05, 0) is 32.6 Å². The minimum atomic E-state index is -1.16. The molecule has 0 radical (unpaired) electrons. The smallest absolute Gasteiger partial charge is 0.331 e. The number of rotatable bonds is 4. The van der Waals surface area contributed by atoms with E-state index in [1.807, 2.05) is 0 Å². The molecule has 0 aliphatic heterocycles. The zero-order valence-corrected chi connectivity index (χ0v) is 12.9. The van der Waals surface area contributed by atoms with Crippen LogP contribution in [0.25, 0.3) is 0 Å². The summed E-state index contributed by atoms with van der Waals surface area (Å²) in [6.45, 7) is 3.36. The Morgan fingerprint density at radius 1 is 1.10 bits per heavy atom. The van der Waals surface area contributed by atoms with E-state index in [2.05, 4.69) is 5.32 Å². The van der Waals surface area contributed by atoms with Crippen LogP contribution in [-0.2, 0) is 9.59 Å². The molecule has 0 saturated heterocycles. The lowest BCUT2D eigenvalue weighted by atomic mass is 9.89. The van der Waals surface area contributed by atoms with E-state index < -0.39 is 17.9 Å². The van der Waals surface area contributed by atoms with Crippen LogP contribution in [-0.4, -0.2) is 41.5 Å². The fraction of sp³-hybridized carbons (Fsp3) is 0.667. The topological polar surface area (TPSA) is 86.7 Å². The SMILES string of the molecule is CC(C(=O)O)=C(C)C(=O)NC(=O)N(C)CC1CCCCC1. The van der Waals surface area contributed by atoms with Gasteiger partial charge in [-0.3, -0.25) is 10.1 Å². The van der Waals surface area contributed by atoms with Gasteiger partial charge in [0.2, 0.25) is 0 Å². The Kier molecular flexibility index (Phi) is 6.39. The maximum absolute atomic E-state index is 11.9. The molecule has 3 amide bonds. The summed E-state index contributed by atoms with van der Waals surface area (Å²) in [4.78, 5) is 36.1. The van der Waals surface area contributed by atoms with Gasteiger partial charge in [0.25, 0.3) is 5.91 Å². The number of urea groups is 1. The molecule has 0 spiro atoms. The Hall–Kier alpha value is -1.85. The number of hydrogen-bond acceptors (Lipinski definition) is 3. The van der Waals surface area contributed by atoms with Crippen molar-refractivity contribution in [1.82, 2.24) is 10.2 Å². The molecule has 1 rings (SSSR count). The second-order valence-corrected chi connectivity index (χ2v) is 5.70. The fourth-order valence-corrected chi connectivity index (χ4v) is 2.46. The van der Waals surface area contributed by atoms with Crippen molar-refractivity contribution in [1.29, 1.82) is 0 Å². The molecule has 1 aliphatic carbocycles. The molecule has 21 heavy (non-hydrogen) atoms. The molecule has 0 aromatic heterocycles. The molecule has 0 heterocycles. The number of hydrogen-bond donors (Lipinski definition) is 2. The first-order valence-corrected chi connectivity index (χ1v) is 7.30. The molecule has 118 valence electrons. The minimum Gasteiger partial charge on any atom is -0.478 e. The quantitative estimate of drug-likeness (QED) is 0.778. The number of carbonyl (C=O) groups excluding carboxylic acids is 2. The number of carbonyl (C=O) groups is 3. The summed E-state index contributed by atoms with van der Waals surface area (Å²) in [5, 5.41) is 11.1. The largest absolute Gasteiger partial charge is 0.478 e. The normalized spacial score (nSPS) is 16.9. The van der Waals surface area contributed by atoms with E-state index in [0.717, 1.165) is 12.8 Å². The van der Waals surface area contributed by atoms with Crippen LogP contribution >= 0.6 is 0 Å². The summed E-state index contributed by atoms with van der Waals surface area (Å²) in [6.07, 6.45) is 5.87. The highest BCUT2D eigenvalue weighted by Crippen LogP contribution is 2.24. The lowest BCUT2D eigenvalue weighted by molar-refractivity contribution is -0.133. The first kappa shape index (κ1) is 17.2. The minimum absolute atomic E-state index is 0.0434.